The van der Waals surface area contributed by atoms with Gasteiger partial charge in [0.05, 0.1) is 0 Å². The molecule has 10 nitrogen and oxygen atoms in total. The van der Waals surface area contributed by atoms with Gasteiger partial charge >= 0.3 is 12.1 Å². The number of oxazole rings is 2. The van der Waals surface area contributed by atoms with Crippen molar-refractivity contribution < 1.29 is 28.3 Å². The number of aryl methyl sites for hydroxylation is 1. The van der Waals surface area contributed by atoms with Crippen molar-refractivity contribution in [2.24, 2.45) is 0 Å². The molecule has 0 radical (unpaired) electrons. The van der Waals surface area contributed by atoms with Crippen LogP contribution in [0.1, 0.15) is 40.6 Å². The van der Waals surface area contributed by atoms with E-state index in [1.807, 2.05) is 31.2 Å². The van der Waals surface area contributed by atoms with Crippen LogP contribution >= 0.6 is 23.1 Å². The normalized spacial score (nSPS) is 13.8. The molecule has 1 aromatic carbocycles. The monoisotopic (exact) mass is 498 g/mol. The predicted octanol–water partition coefficient (Wildman–Crippen LogP) is 4.50. The van der Waals surface area contributed by atoms with E-state index in [1.54, 1.807) is 0 Å². The highest BCUT2D eigenvalue weighted by Crippen LogP contribution is 2.48. The lowest BCUT2D eigenvalue weighted by molar-refractivity contribution is -0.140. The van der Waals surface area contributed by atoms with E-state index in [1.165, 1.54) is 0 Å². The van der Waals surface area contributed by atoms with Crippen LogP contribution in [0.5, 0.6) is 0 Å². The Balaban J connectivity index is 1.29. The summed E-state index contributed by atoms with van der Waals surface area (Å²) in [6.45, 7) is 2.03. The van der Waals surface area contributed by atoms with E-state index in [2.05, 4.69) is 31.5 Å². The Bertz CT molecular complexity index is 1460. The molecule has 1 saturated carbocycles. The molecule has 0 saturated heterocycles. The Morgan fingerprint density at radius 2 is 2.00 bits per heavy atom. The molecule has 3 aromatic heterocycles. The van der Waals surface area contributed by atoms with Crippen LogP contribution in [0.4, 0.5) is 10.5 Å². The van der Waals surface area contributed by atoms with Crippen LogP contribution in [0.25, 0.3) is 11.4 Å². The lowest BCUT2D eigenvalue weighted by atomic mass is 10.1. The van der Waals surface area contributed by atoms with Crippen LogP contribution < -0.4 is 5.32 Å². The predicted molar refractivity (Wildman–Crippen MR) is 121 cm³/mol. The fraction of sp³-hybridized carbons (Fsp3) is 0.227. The molecule has 1 fully saturated rings. The number of nitrogens with one attached hydrogen (secondary N) is 1. The third-order valence-corrected chi connectivity index (χ3v) is 6.46. The Morgan fingerprint density at radius 3 is 2.71 bits per heavy atom. The number of anilines is 1. The van der Waals surface area contributed by atoms with Crippen molar-refractivity contribution in [3.63, 3.8) is 0 Å². The zero-order chi connectivity index (χ0) is 23.9. The lowest BCUT2D eigenvalue weighted by Crippen LogP contribution is -2.19. The van der Waals surface area contributed by atoms with Gasteiger partial charge in [0.15, 0.2) is 5.15 Å². The first-order chi connectivity index (χ1) is 16.4. The van der Waals surface area contributed by atoms with Crippen LogP contribution in [-0.2, 0) is 21.6 Å². The molecule has 1 aliphatic rings. The van der Waals surface area contributed by atoms with Crippen LogP contribution in [0, 0.1) is 18.8 Å². The van der Waals surface area contributed by atoms with Gasteiger partial charge in [-0.25, -0.2) is 4.79 Å². The van der Waals surface area contributed by atoms with E-state index in [-0.39, 0.29) is 40.7 Å². The van der Waals surface area contributed by atoms with Crippen LogP contribution in [0.15, 0.2) is 33.1 Å². The number of amides is 1. The SMILES string of the molecule is Cc1ccccc1COC(=O)Nc1c(Cl)nsc1C#Cc1nc2oc(C3(C(=O)O)CC3)nc2o1. The Labute approximate surface area is 201 Å². The first-order valence-corrected chi connectivity index (χ1v) is 11.2. The number of carbonyl (C=O) groups is 2. The summed E-state index contributed by atoms with van der Waals surface area (Å²) in [6, 6.07) is 7.56. The number of rotatable bonds is 5. The summed E-state index contributed by atoms with van der Waals surface area (Å²) >= 11 is 7.08. The van der Waals surface area contributed by atoms with Gasteiger partial charge in [-0.1, -0.05) is 35.9 Å². The smallest absolute Gasteiger partial charge is 0.412 e. The number of carboxylic acid groups (broad SMARTS) is 1. The molecule has 2 N–H and O–H groups in total. The summed E-state index contributed by atoms with van der Waals surface area (Å²) in [5.74, 6) is 4.59. The van der Waals surface area contributed by atoms with Gasteiger partial charge in [-0.05, 0) is 54.3 Å². The van der Waals surface area contributed by atoms with Gasteiger partial charge in [-0.2, -0.15) is 14.3 Å². The molecule has 1 amide bonds. The summed E-state index contributed by atoms with van der Waals surface area (Å²) in [6.07, 6.45) is 0.201. The Morgan fingerprint density at radius 1 is 1.24 bits per heavy atom. The Hall–Kier alpha value is -3.88. The first-order valence-electron chi connectivity index (χ1n) is 10.0. The number of halogens is 1. The van der Waals surface area contributed by atoms with Crippen molar-refractivity contribution in [2.45, 2.75) is 31.8 Å². The van der Waals surface area contributed by atoms with Crippen LogP contribution in [0.3, 0.4) is 0 Å². The Kier molecular flexibility index (Phi) is 5.47. The number of aromatic nitrogens is 3. The maximum absolute atomic E-state index is 12.3. The van der Waals surface area contributed by atoms with Crippen molar-refractivity contribution in [1.29, 1.82) is 0 Å². The number of carbonyl (C=O) groups excluding carboxylic acids is 1. The third kappa shape index (κ3) is 4.09. The number of benzene rings is 1. The van der Waals surface area contributed by atoms with E-state index >= 15 is 0 Å². The van der Waals surface area contributed by atoms with Crippen molar-refractivity contribution in [3.8, 4) is 11.8 Å². The highest BCUT2D eigenvalue weighted by Gasteiger charge is 2.56. The lowest BCUT2D eigenvalue weighted by Gasteiger charge is -2.08. The number of fused-ring (bicyclic) bond motifs is 1. The number of carboxylic acids is 1. The molecule has 172 valence electrons. The fourth-order valence-corrected chi connectivity index (χ4v) is 4.07. The standard InChI is InChI=1S/C22H15ClN4O6S/c1-11-4-2-3-5-12(11)10-31-21(30)25-15-13(34-27-16(15)23)6-7-14-24-17-18(32-14)26-19(33-17)22(8-9-22)20(28)29/h2-5H,8-10H2,1H3,(H,25,30)(H,28,29). The third-order valence-electron chi connectivity index (χ3n) is 5.33. The van der Waals surface area contributed by atoms with E-state index in [0.29, 0.717) is 17.7 Å². The molecule has 0 atom stereocenters. The largest absolute Gasteiger partial charge is 0.480 e. The van der Waals surface area contributed by atoms with Gasteiger partial charge in [-0.15, -0.1) is 0 Å². The molecule has 1 aliphatic carbocycles. The minimum atomic E-state index is -1.09. The highest BCUT2D eigenvalue weighted by molar-refractivity contribution is 7.07. The maximum atomic E-state index is 12.3. The molecule has 5 rings (SSSR count). The van der Waals surface area contributed by atoms with Crippen LogP contribution in [-0.4, -0.2) is 31.5 Å². The molecule has 34 heavy (non-hydrogen) atoms. The van der Waals surface area contributed by atoms with E-state index < -0.39 is 17.5 Å². The second kappa shape index (κ2) is 8.48. The summed E-state index contributed by atoms with van der Waals surface area (Å²) in [5, 5.41) is 12.0. The van der Waals surface area contributed by atoms with Crippen LogP contribution in [0.2, 0.25) is 5.15 Å². The van der Waals surface area contributed by atoms with E-state index in [4.69, 9.17) is 25.2 Å². The molecule has 0 unspecified atom stereocenters. The zero-order valence-corrected chi connectivity index (χ0v) is 19.1. The molecule has 4 aromatic rings. The number of ether oxygens (including phenoxy) is 1. The molecule has 0 bridgehead atoms. The van der Waals surface area contributed by atoms with Gasteiger partial charge in [0.25, 0.3) is 17.3 Å². The average Bonchev–Trinajstić information content (AvgIpc) is 3.25. The molecule has 0 spiro atoms. The van der Waals surface area contributed by atoms with Gasteiger partial charge in [0.1, 0.15) is 22.6 Å². The highest BCUT2D eigenvalue weighted by atomic mass is 35.5. The van der Waals surface area contributed by atoms with Gasteiger partial charge in [0, 0.05) is 0 Å². The van der Waals surface area contributed by atoms with Crippen molar-refractivity contribution >= 4 is 52.3 Å². The number of nitrogens with zero attached hydrogens (tertiary/aromatic N) is 3. The van der Waals surface area contributed by atoms with Crippen molar-refractivity contribution in [2.75, 3.05) is 5.32 Å². The molecule has 0 aliphatic heterocycles. The number of hydrogen-bond acceptors (Lipinski definition) is 9. The van der Waals surface area contributed by atoms with E-state index in [9.17, 15) is 14.7 Å². The second-order valence-electron chi connectivity index (χ2n) is 7.59. The topological polar surface area (TPSA) is 141 Å². The van der Waals surface area contributed by atoms with Gasteiger partial charge < -0.3 is 18.7 Å². The summed E-state index contributed by atoms with van der Waals surface area (Å²) < 4.78 is 20.2. The summed E-state index contributed by atoms with van der Waals surface area (Å²) in [4.78, 5) is 32.3. The maximum Gasteiger partial charge on any atom is 0.412 e. The minimum Gasteiger partial charge on any atom is -0.480 e. The summed E-state index contributed by atoms with van der Waals surface area (Å²) in [5.41, 5.74) is 1.13. The number of aliphatic carboxylic acids is 1. The summed E-state index contributed by atoms with van der Waals surface area (Å²) in [7, 11) is 0. The second-order valence-corrected chi connectivity index (χ2v) is 8.72. The molecule has 12 heteroatoms. The minimum absolute atomic E-state index is 0.00516. The molecular weight excluding hydrogens is 484 g/mol. The quantitative estimate of drug-likeness (QED) is 0.380. The number of hydrogen-bond donors (Lipinski definition) is 2. The van der Waals surface area contributed by atoms with E-state index in [0.717, 1.165) is 22.7 Å². The van der Waals surface area contributed by atoms with Crippen molar-refractivity contribution in [3.05, 3.63) is 57.2 Å². The molecular formula is C22H15ClN4O6S. The average molecular weight is 499 g/mol. The zero-order valence-electron chi connectivity index (χ0n) is 17.5. The van der Waals surface area contributed by atoms with Crippen molar-refractivity contribution in [1.82, 2.24) is 14.3 Å². The fourth-order valence-electron chi connectivity index (χ4n) is 3.17. The molecule has 3 heterocycles. The van der Waals surface area contributed by atoms with Gasteiger partial charge in [0.2, 0.25) is 5.89 Å². The van der Waals surface area contributed by atoms with Gasteiger partial charge in [-0.3, -0.25) is 10.1 Å². The first kappa shape index (κ1) is 21.9.